The SMILES string of the molecule is CCCCCCCCCCCCCCCCCC[N+](C)(C)CCCCCCCCCCCCCCCCCC.CCCCCCCCCCCCCCCC[N+](C)(C)C.COS(=O)(=O)[O-].[Br-]. The lowest BCUT2D eigenvalue weighted by atomic mass is 10.0. The average molecular weight is 1030 g/mol. The zero-order valence-electron chi connectivity index (χ0n) is 47.0. The molecular weight excluding hydrogens is 901 g/mol. The van der Waals surface area contributed by atoms with E-state index in [2.05, 4.69) is 60.2 Å². The van der Waals surface area contributed by atoms with Crippen molar-refractivity contribution in [2.24, 2.45) is 0 Å². The van der Waals surface area contributed by atoms with Crippen molar-refractivity contribution in [3.63, 3.8) is 0 Å². The smallest absolute Gasteiger partial charge is 0.217 e. The van der Waals surface area contributed by atoms with Gasteiger partial charge < -0.3 is 30.5 Å². The van der Waals surface area contributed by atoms with Gasteiger partial charge in [-0.05, 0) is 38.5 Å². The van der Waals surface area contributed by atoms with Crippen LogP contribution in [-0.2, 0) is 14.6 Å². The summed E-state index contributed by atoms with van der Waals surface area (Å²) in [4.78, 5) is 0. The zero-order chi connectivity index (χ0) is 48.9. The van der Waals surface area contributed by atoms with Crippen LogP contribution in [0.1, 0.15) is 316 Å². The Balaban J connectivity index is -0.000000590. The maximum absolute atomic E-state index is 9.22. The number of halogens is 1. The molecule has 8 heteroatoms. The van der Waals surface area contributed by atoms with Gasteiger partial charge in [-0.15, -0.1) is 0 Å². The summed E-state index contributed by atoms with van der Waals surface area (Å²) in [5.41, 5.74) is 0. The van der Waals surface area contributed by atoms with Crippen molar-refractivity contribution in [2.45, 2.75) is 316 Å². The molecule has 0 rings (SSSR count). The van der Waals surface area contributed by atoms with E-state index >= 15 is 0 Å². The molecule has 0 bridgehead atoms. The number of rotatable bonds is 50. The molecule has 404 valence electrons. The van der Waals surface area contributed by atoms with Crippen LogP contribution < -0.4 is 17.0 Å². The Morgan fingerprint density at radius 3 is 0.576 bits per heavy atom. The summed E-state index contributed by atoms with van der Waals surface area (Å²) in [6.07, 6.45) is 67.3. The zero-order valence-corrected chi connectivity index (χ0v) is 49.4. The fraction of sp³-hybridized carbons (Fsp3) is 1.00. The molecule has 0 fully saturated rings. The quantitative estimate of drug-likeness (QED) is 0.0264. The van der Waals surface area contributed by atoms with Gasteiger partial charge in [-0.1, -0.05) is 278 Å². The largest absolute Gasteiger partial charge is 1.00 e. The highest BCUT2D eigenvalue weighted by atomic mass is 79.9. The molecule has 0 saturated carbocycles. The van der Waals surface area contributed by atoms with Crippen molar-refractivity contribution in [1.82, 2.24) is 0 Å². The Morgan fingerprint density at radius 1 is 0.303 bits per heavy atom. The Morgan fingerprint density at radius 2 is 0.439 bits per heavy atom. The molecular formula is C58H125BrN2O4S. The number of nitrogens with zero attached hydrogens (tertiary/aromatic N) is 2. The minimum atomic E-state index is -4.41. The molecule has 0 unspecified atom stereocenters. The lowest BCUT2D eigenvalue weighted by Crippen LogP contribution is -3.00. The van der Waals surface area contributed by atoms with Gasteiger partial charge in [0.1, 0.15) is 0 Å². The monoisotopic (exact) mass is 1020 g/mol. The molecule has 0 aliphatic heterocycles. The summed E-state index contributed by atoms with van der Waals surface area (Å²) in [6, 6.07) is 0. The van der Waals surface area contributed by atoms with Crippen LogP contribution >= 0.6 is 0 Å². The predicted molar refractivity (Wildman–Crippen MR) is 291 cm³/mol. The van der Waals surface area contributed by atoms with Gasteiger partial charge in [-0.3, -0.25) is 4.18 Å². The average Bonchev–Trinajstić information content (AvgIpc) is 3.26. The highest BCUT2D eigenvalue weighted by Gasteiger charge is 2.13. The van der Waals surface area contributed by atoms with E-state index in [9.17, 15) is 13.0 Å². The molecule has 66 heavy (non-hydrogen) atoms. The first kappa shape index (κ1) is 72.8. The molecule has 0 heterocycles. The van der Waals surface area contributed by atoms with Gasteiger partial charge in [0.25, 0.3) is 0 Å². The van der Waals surface area contributed by atoms with Crippen LogP contribution in [0.3, 0.4) is 0 Å². The van der Waals surface area contributed by atoms with E-state index in [1.807, 2.05) is 0 Å². The molecule has 0 atom stereocenters. The highest BCUT2D eigenvalue weighted by Crippen LogP contribution is 2.17. The van der Waals surface area contributed by atoms with Crippen molar-refractivity contribution >= 4 is 10.4 Å². The molecule has 0 aromatic carbocycles. The van der Waals surface area contributed by atoms with E-state index in [0.29, 0.717) is 0 Å². The standard InChI is InChI=1S/C38H80N.C19H42N.CH4O4S.BrH/c1-5-7-9-11-13-15-17-19-21-23-25-27-29-31-33-35-37-39(3,4)38-36-34-32-30-28-26-24-22-20-18-16-14-12-10-8-6-2;1-5-6-7-8-9-10-11-12-13-14-15-16-17-18-19-20(2,3)4;1-5-6(2,3)4;/h5-38H2,1-4H3;5-19H2,1-4H3;1H3,(H,2,3,4);1H/q2*+1;;/p-2. The van der Waals surface area contributed by atoms with Crippen LogP contribution in [-0.4, -0.2) is 83.9 Å². The Kier molecular flexibility index (Phi) is 63.8. The van der Waals surface area contributed by atoms with Crippen LogP contribution in [0.4, 0.5) is 0 Å². The summed E-state index contributed by atoms with van der Waals surface area (Å²) in [7, 11) is 8.21. The summed E-state index contributed by atoms with van der Waals surface area (Å²) < 4.78 is 33.4. The van der Waals surface area contributed by atoms with Gasteiger partial charge in [0, 0.05) is 0 Å². The fourth-order valence-electron chi connectivity index (χ4n) is 9.07. The number of unbranched alkanes of at least 4 members (excludes halogenated alkanes) is 43. The highest BCUT2D eigenvalue weighted by molar-refractivity contribution is 7.80. The predicted octanol–water partition coefficient (Wildman–Crippen LogP) is 15.9. The molecule has 0 aromatic rings. The number of hydrogen-bond donors (Lipinski definition) is 0. The molecule has 0 saturated heterocycles. The third-order valence-corrected chi connectivity index (χ3v) is 14.0. The third kappa shape index (κ3) is 75.8. The van der Waals surface area contributed by atoms with Crippen molar-refractivity contribution in [1.29, 1.82) is 0 Å². The maximum atomic E-state index is 9.22. The Labute approximate surface area is 429 Å². The van der Waals surface area contributed by atoms with Crippen LogP contribution in [0.2, 0.25) is 0 Å². The topological polar surface area (TPSA) is 66.4 Å². The minimum Gasteiger partial charge on any atom is -1.00 e. The summed E-state index contributed by atoms with van der Waals surface area (Å²) >= 11 is 0. The van der Waals surface area contributed by atoms with Crippen LogP contribution in [0.15, 0.2) is 0 Å². The number of quaternary nitrogens is 2. The normalized spacial score (nSPS) is 11.8. The first-order valence-electron chi connectivity index (χ1n) is 29.4. The molecule has 6 nitrogen and oxygen atoms in total. The summed E-state index contributed by atoms with van der Waals surface area (Å²) in [6.45, 7) is 11.0. The van der Waals surface area contributed by atoms with Crippen molar-refractivity contribution in [3.05, 3.63) is 0 Å². The van der Waals surface area contributed by atoms with Crippen LogP contribution in [0, 0.1) is 0 Å². The molecule has 0 aliphatic rings. The van der Waals surface area contributed by atoms with E-state index in [-0.39, 0.29) is 17.0 Å². The molecule has 0 N–H and O–H groups in total. The lowest BCUT2D eigenvalue weighted by molar-refractivity contribution is -0.890. The van der Waals surface area contributed by atoms with E-state index in [4.69, 9.17) is 0 Å². The summed E-state index contributed by atoms with van der Waals surface area (Å²) in [5, 5.41) is 0. The first-order chi connectivity index (χ1) is 31.2. The van der Waals surface area contributed by atoms with Crippen molar-refractivity contribution < 1.29 is 43.1 Å². The van der Waals surface area contributed by atoms with Gasteiger partial charge in [0.05, 0.1) is 62.0 Å². The van der Waals surface area contributed by atoms with E-state index in [1.54, 1.807) is 0 Å². The van der Waals surface area contributed by atoms with Gasteiger partial charge in [0.15, 0.2) is 0 Å². The van der Waals surface area contributed by atoms with E-state index in [0.717, 1.165) is 11.6 Å². The number of hydrogen-bond acceptors (Lipinski definition) is 4. The molecule has 0 amide bonds. The maximum Gasteiger partial charge on any atom is 0.217 e. The second-order valence-corrected chi connectivity index (χ2v) is 23.3. The van der Waals surface area contributed by atoms with Crippen LogP contribution in [0.5, 0.6) is 0 Å². The Hall–Kier alpha value is 0.270. The summed E-state index contributed by atoms with van der Waals surface area (Å²) in [5.74, 6) is 0. The minimum absolute atomic E-state index is 0. The third-order valence-electron chi connectivity index (χ3n) is 13.6. The van der Waals surface area contributed by atoms with E-state index in [1.165, 1.54) is 319 Å². The Bertz CT molecular complexity index is 937. The first-order valence-corrected chi connectivity index (χ1v) is 30.7. The van der Waals surface area contributed by atoms with Gasteiger partial charge in [-0.25, -0.2) is 8.42 Å². The van der Waals surface area contributed by atoms with Crippen molar-refractivity contribution in [2.75, 3.05) is 62.0 Å². The van der Waals surface area contributed by atoms with E-state index < -0.39 is 10.4 Å². The second-order valence-electron chi connectivity index (χ2n) is 22.2. The second kappa shape index (κ2) is 57.8. The van der Waals surface area contributed by atoms with Gasteiger partial charge in [-0.2, -0.15) is 0 Å². The lowest BCUT2D eigenvalue weighted by Gasteiger charge is -2.30. The van der Waals surface area contributed by atoms with Crippen LogP contribution in [0.25, 0.3) is 0 Å². The molecule has 0 radical (unpaired) electrons. The molecule has 0 aromatic heterocycles. The van der Waals surface area contributed by atoms with Gasteiger partial charge >= 0.3 is 0 Å². The molecule has 0 aliphatic carbocycles. The van der Waals surface area contributed by atoms with Gasteiger partial charge in [0.2, 0.25) is 10.4 Å². The molecule has 0 spiro atoms. The van der Waals surface area contributed by atoms with Crippen molar-refractivity contribution in [3.8, 4) is 0 Å². The fourth-order valence-corrected chi connectivity index (χ4v) is 9.07.